The van der Waals surface area contributed by atoms with Gasteiger partial charge in [0.1, 0.15) is 10.3 Å². The van der Waals surface area contributed by atoms with Crippen molar-refractivity contribution in [3.8, 4) is 0 Å². The van der Waals surface area contributed by atoms with Crippen molar-refractivity contribution in [3.63, 3.8) is 0 Å². The fourth-order valence-corrected chi connectivity index (χ4v) is 1.15. The number of aromatic nitrogens is 1. The highest BCUT2D eigenvalue weighted by atomic mass is 35.5. The molecular formula is C7H3Cl2F2NO. The first-order valence-electron chi connectivity index (χ1n) is 3.17. The van der Waals surface area contributed by atoms with Crippen molar-refractivity contribution in [2.75, 3.05) is 0 Å². The van der Waals surface area contributed by atoms with E-state index >= 15 is 0 Å². The predicted molar refractivity (Wildman–Crippen MR) is 44.6 cm³/mol. The summed E-state index contributed by atoms with van der Waals surface area (Å²) in [6.07, 6.45) is -3.08. The number of nitrogens with zero attached hydrogens (tertiary/aromatic N) is 1. The number of pyridine rings is 1. The molecular weight excluding hydrogens is 223 g/mol. The molecule has 13 heavy (non-hydrogen) atoms. The van der Waals surface area contributed by atoms with Gasteiger partial charge in [0.15, 0.2) is 0 Å². The van der Waals surface area contributed by atoms with Crippen LogP contribution >= 0.6 is 23.2 Å². The highest BCUT2D eigenvalue weighted by Crippen LogP contribution is 2.19. The van der Waals surface area contributed by atoms with E-state index < -0.39 is 12.2 Å². The van der Waals surface area contributed by atoms with Crippen LogP contribution in [0.15, 0.2) is 12.1 Å². The molecule has 1 aromatic rings. The Hall–Kier alpha value is -0.740. The lowest BCUT2D eigenvalue weighted by Crippen LogP contribution is -2.11. The van der Waals surface area contributed by atoms with Crippen molar-refractivity contribution in [3.05, 3.63) is 28.0 Å². The van der Waals surface area contributed by atoms with Crippen molar-refractivity contribution in [1.29, 1.82) is 0 Å². The van der Waals surface area contributed by atoms with Gasteiger partial charge in [0.05, 0.1) is 5.56 Å². The number of ketones is 1. The molecule has 0 aliphatic heterocycles. The minimum Gasteiger partial charge on any atom is -0.288 e. The van der Waals surface area contributed by atoms with Crippen LogP contribution in [0.25, 0.3) is 0 Å². The van der Waals surface area contributed by atoms with Crippen LogP contribution in [-0.4, -0.2) is 17.2 Å². The van der Waals surface area contributed by atoms with E-state index in [1.807, 2.05) is 0 Å². The smallest absolute Gasteiger partial charge is 0.288 e. The minimum absolute atomic E-state index is 0.0517. The SMILES string of the molecule is O=C(c1ccc(Cl)nc1Cl)C(F)F. The number of carbonyl (C=O) groups excluding carboxylic acids is 1. The van der Waals surface area contributed by atoms with Gasteiger partial charge in [-0.25, -0.2) is 13.8 Å². The van der Waals surface area contributed by atoms with E-state index in [0.717, 1.165) is 6.07 Å². The van der Waals surface area contributed by atoms with Crippen LogP contribution in [0, 0.1) is 0 Å². The summed E-state index contributed by atoms with van der Waals surface area (Å²) in [7, 11) is 0. The molecule has 0 saturated carbocycles. The Labute approximate surface area is 82.5 Å². The van der Waals surface area contributed by atoms with Crippen LogP contribution < -0.4 is 0 Å². The second kappa shape index (κ2) is 3.98. The zero-order valence-electron chi connectivity index (χ0n) is 6.10. The maximum atomic E-state index is 11.9. The molecule has 0 aromatic carbocycles. The van der Waals surface area contributed by atoms with Crippen molar-refractivity contribution in [2.45, 2.75) is 6.43 Å². The quantitative estimate of drug-likeness (QED) is 0.573. The van der Waals surface area contributed by atoms with Gasteiger partial charge in [0.2, 0.25) is 5.78 Å². The second-order valence-electron chi connectivity index (χ2n) is 2.14. The third-order valence-corrected chi connectivity index (χ3v) is 1.78. The van der Waals surface area contributed by atoms with E-state index in [9.17, 15) is 13.6 Å². The lowest BCUT2D eigenvalue weighted by Gasteiger charge is -2.01. The lowest BCUT2D eigenvalue weighted by molar-refractivity contribution is 0.0678. The molecule has 0 unspecified atom stereocenters. The zero-order valence-corrected chi connectivity index (χ0v) is 7.61. The van der Waals surface area contributed by atoms with E-state index in [0.29, 0.717) is 0 Å². The molecule has 1 rings (SSSR count). The number of halogens is 4. The Morgan fingerprint density at radius 1 is 1.38 bits per heavy atom. The molecule has 0 spiro atoms. The molecule has 6 heteroatoms. The summed E-state index contributed by atoms with van der Waals surface area (Å²) >= 11 is 10.8. The van der Waals surface area contributed by atoms with E-state index in [1.54, 1.807) is 0 Å². The molecule has 0 saturated heterocycles. The summed E-state index contributed by atoms with van der Waals surface area (Å²) in [6.45, 7) is 0. The van der Waals surface area contributed by atoms with Crippen LogP contribution in [0.3, 0.4) is 0 Å². The third-order valence-electron chi connectivity index (χ3n) is 1.28. The maximum Gasteiger partial charge on any atom is 0.300 e. The number of alkyl halides is 2. The molecule has 0 radical (unpaired) electrons. The summed E-state index contributed by atoms with van der Waals surface area (Å²) in [4.78, 5) is 14.2. The van der Waals surface area contributed by atoms with Crippen molar-refractivity contribution in [2.24, 2.45) is 0 Å². The Bertz CT molecular complexity index is 343. The molecule has 1 heterocycles. The van der Waals surface area contributed by atoms with Gasteiger partial charge in [0, 0.05) is 0 Å². The van der Waals surface area contributed by atoms with Crippen LogP contribution in [-0.2, 0) is 0 Å². The predicted octanol–water partition coefficient (Wildman–Crippen LogP) is 2.84. The van der Waals surface area contributed by atoms with Crippen LogP contribution in [0.4, 0.5) is 8.78 Å². The van der Waals surface area contributed by atoms with Gasteiger partial charge in [-0.3, -0.25) is 4.79 Å². The normalized spacial score (nSPS) is 10.5. The van der Waals surface area contributed by atoms with Crippen LogP contribution in [0.1, 0.15) is 10.4 Å². The van der Waals surface area contributed by atoms with E-state index in [4.69, 9.17) is 23.2 Å². The summed E-state index contributed by atoms with van der Waals surface area (Å²) in [6, 6.07) is 2.34. The minimum atomic E-state index is -3.08. The molecule has 0 bridgehead atoms. The van der Waals surface area contributed by atoms with Gasteiger partial charge in [-0.15, -0.1) is 0 Å². The van der Waals surface area contributed by atoms with E-state index in [2.05, 4.69) is 4.98 Å². The molecule has 2 nitrogen and oxygen atoms in total. The van der Waals surface area contributed by atoms with Gasteiger partial charge in [-0.2, -0.15) is 0 Å². The second-order valence-corrected chi connectivity index (χ2v) is 2.88. The van der Waals surface area contributed by atoms with E-state index in [-0.39, 0.29) is 15.9 Å². The topological polar surface area (TPSA) is 30.0 Å². The van der Waals surface area contributed by atoms with Crippen molar-refractivity contribution < 1.29 is 13.6 Å². The number of hydrogen-bond donors (Lipinski definition) is 0. The van der Waals surface area contributed by atoms with Crippen LogP contribution in [0.2, 0.25) is 10.3 Å². The molecule has 0 atom stereocenters. The number of Topliss-reactive ketones (excluding diaryl/α,β-unsaturated/α-hetero) is 1. The fraction of sp³-hybridized carbons (Fsp3) is 0.143. The molecule has 1 aromatic heterocycles. The Morgan fingerprint density at radius 2 is 2.00 bits per heavy atom. The number of rotatable bonds is 2. The summed E-state index contributed by atoms with van der Waals surface area (Å²) < 4.78 is 23.9. The average molecular weight is 226 g/mol. The first-order chi connectivity index (χ1) is 6.02. The average Bonchev–Trinajstić information content (AvgIpc) is 2.03. The summed E-state index contributed by atoms with van der Waals surface area (Å²) in [5, 5.41) is -0.256. The van der Waals surface area contributed by atoms with Gasteiger partial charge >= 0.3 is 6.43 Å². The third kappa shape index (κ3) is 2.35. The first-order valence-corrected chi connectivity index (χ1v) is 3.92. The van der Waals surface area contributed by atoms with Crippen LogP contribution in [0.5, 0.6) is 0 Å². The molecule has 0 aliphatic rings. The summed E-state index contributed by atoms with van der Waals surface area (Å²) in [5.74, 6) is -1.35. The fourth-order valence-electron chi connectivity index (χ4n) is 0.713. The van der Waals surface area contributed by atoms with E-state index in [1.165, 1.54) is 6.07 Å². The molecule has 0 aliphatic carbocycles. The molecule has 0 amide bonds. The first kappa shape index (κ1) is 10.3. The van der Waals surface area contributed by atoms with Crippen molar-refractivity contribution in [1.82, 2.24) is 4.98 Å². The Balaban J connectivity index is 3.09. The maximum absolute atomic E-state index is 11.9. The van der Waals surface area contributed by atoms with Gasteiger partial charge < -0.3 is 0 Å². The molecule has 70 valence electrons. The highest BCUT2D eigenvalue weighted by molar-refractivity contribution is 6.34. The lowest BCUT2D eigenvalue weighted by atomic mass is 10.2. The van der Waals surface area contributed by atoms with Crippen molar-refractivity contribution >= 4 is 29.0 Å². The van der Waals surface area contributed by atoms with Gasteiger partial charge in [0.25, 0.3) is 0 Å². The Morgan fingerprint density at radius 3 is 2.46 bits per heavy atom. The summed E-state index contributed by atoms with van der Waals surface area (Å²) in [5.41, 5.74) is -0.318. The molecule has 0 fully saturated rings. The molecule has 0 N–H and O–H groups in total. The Kier molecular flexibility index (Phi) is 3.17. The highest BCUT2D eigenvalue weighted by Gasteiger charge is 2.21. The zero-order chi connectivity index (χ0) is 10.0. The number of carbonyl (C=O) groups is 1. The van der Waals surface area contributed by atoms with Gasteiger partial charge in [-0.05, 0) is 12.1 Å². The van der Waals surface area contributed by atoms with Gasteiger partial charge in [-0.1, -0.05) is 23.2 Å². The standard InChI is InChI=1S/C7H3Cl2F2NO/c8-4-2-1-3(6(9)12-4)5(13)7(10)11/h1-2,7H. The monoisotopic (exact) mass is 225 g/mol. The largest absolute Gasteiger partial charge is 0.300 e. The number of hydrogen-bond acceptors (Lipinski definition) is 2.